The zero-order chi connectivity index (χ0) is 17.1. The van der Waals surface area contributed by atoms with Gasteiger partial charge in [0.2, 0.25) is 0 Å². The lowest BCUT2D eigenvalue weighted by Crippen LogP contribution is -2.31. The summed E-state index contributed by atoms with van der Waals surface area (Å²) >= 11 is 0. The molecule has 1 aliphatic rings. The molecule has 2 aromatic rings. The van der Waals surface area contributed by atoms with Crippen molar-refractivity contribution in [3.8, 4) is 0 Å². The number of fused-ring (bicyclic) bond motifs is 1. The first-order valence-electron chi connectivity index (χ1n) is 7.99. The number of carbonyl (C=O) groups excluding carboxylic acids is 1. The Morgan fingerprint density at radius 1 is 1.33 bits per heavy atom. The van der Waals surface area contributed by atoms with Gasteiger partial charge in [-0.05, 0) is 30.7 Å². The number of hydrogen-bond acceptors (Lipinski definition) is 6. The number of hydrogen-bond donors (Lipinski definition) is 2. The van der Waals surface area contributed by atoms with Gasteiger partial charge in [-0.3, -0.25) is 0 Å². The number of benzene rings is 1. The van der Waals surface area contributed by atoms with Crippen LogP contribution in [0.3, 0.4) is 0 Å². The number of aromatic nitrogens is 1. The predicted octanol–water partition coefficient (Wildman–Crippen LogP) is 2.90. The summed E-state index contributed by atoms with van der Waals surface area (Å²) < 4.78 is 4.73. The number of ether oxygens (including phenoxy) is 1. The first kappa shape index (κ1) is 16.1. The Balaban J connectivity index is 1.79. The van der Waals surface area contributed by atoms with Crippen LogP contribution in [0.5, 0.6) is 0 Å². The Kier molecular flexibility index (Phi) is 4.55. The predicted molar refractivity (Wildman–Crippen MR) is 95.8 cm³/mol. The molecule has 1 aliphatic heterocycles. The summed E-state index contributed by atoms with van der Waals surface area (Å²) in [5.74, 6) is 0.511. The molecule has 126 valence electrons. The molecule has 0 aliphatic carbocycles. The molecular weight excluding hydrogens is 304 g/mol. The van der Waals surface area contributed by atoms with Crippen molar-refractivity contribution in [1.29, 1.82) is 0 Å². The van der Waals surface area contributed by atoms with Crippen molar-refractivity contribution < 1.29 is 9.53 Å². The molecule has 24 heavy (non-hydrogen) atoms. The molecule has 0 saturated heterocycles. The molecule has 0 fully saturated rings. The van der Waals surface area contributed by atoms with Gasteiger partial charge in [-0.15, -0.1) is 0 Å². The monoisotopic (exact) mass is 326 g/mol. The highest BCUT2D eigenvalue weighted by Crippen LogP contribution is 2.34. The number of pyridine rings is 1. The van der Waals surface area contributed by atoms with Crippen molar-refractivity contribution in [2.45, 2.75) is 13.0 Å². The Hall–Kier alpha value is -2.76. The first-order chi connectivity index (χ1) is 11.6. The second kappa shape index (κ2) is 6.78. The SMILES string of the molecule is COC(=O)c1ccc(C(C)Nc2nccc3c2NCCN3C)cc1. The minimum absolute atomic E-state index is 0.0599. The molecule has 1 aromatic carbocycles. The van der Waals surface area contributed by atoms with Crippen molar-refractivity contribution >= 4 is 23.2 Å². The standard InChI is InChI=1S/C18H22N4O2/c1-12(13-4-6-14(7-5-13)18(23)24-3)21-17-16-15(8-9-20-17)22(2)11-10-19-16/h4-9,12,19H,10-11H2,1-3H3,(H,20,21). The summed E-state index contributed by atoms with van der Waals surface area (Å²) in [5, 5.41) is 6.88. The summed E-state index contributed by atoms with van der Waals surface area (Å²) in [4.78, 5) is 18.2. The molecular formula is C18H22N4O2. The fraction of sp³-hybridized carbons (Fsp3) is 0.333. The van der Waals surface area contributed by atoms with E-state index >= 15 is 0 Å². The van der Waals surface area contributed by atoms with Gasteiger partial charge in [-0.1, -0.05) is 12.1 Å². The zero-order valence-corrected chi connectivity index (χ0v) is 14.2. The van der Waals surface area contributed by atoms with Crippen molar-refractivity contribution in [2.75, 3.05) is 42.8 Å². The van der Waals surface area contributed by atoms with Gasteiger partial charge in [0.05, 0.1) is 24.4 Å². The smallest absolute Gasteiger partial charge is 0.337 e. The topological polar surface area (TPSA) is 66.5 Å². The van der Waals surface area contributed by atoms with E-state index in [1.165, 1.54) is 7.11 Å². The summed E-state index contributed by atoms with van der Waals surface area (Å²) in [5.41, 5.74) is 3.80. The molecule has 1 atom stereocenters. The molecule has 0 saturated carbocycles. The van der Waals surface area contributed by atoms with E-state index in [9.17, 15) is 4.79 Å². The lowest BCUT2D eigenvalue weighted by Gasteiger charge is -2.30. The normalized spacial score (nSPS) is 14.4. The third-order valence-electron chi connectivity index (χ3n) is 4.27. The summed E-state index contributed by atoms with van der Waals surface area (Å²) in [6, 6.07) is 9.49. The van der Waals surface area contributed by atoms with E-state index in [-0.39, 0.29) is 12.0 Å². The van der Waals surface area contributed by atoms with E-state index in [1.807, 2.05) is 24.4 Å². The molecule has 3 rings (SSSR count). The van der Waals surface area contributed by atoms with Crippen LogP contribution in [0.15, 0.2) is 36.5 Å². The van der Waals surface area contributed by atoms with E-state index in [2.05, 4.69) is 34.5 Å². The molecule has 0 spiro atoms. The van der Waals surface area contributed by atoms with Crippen LogP contribution in [0.2, 0.25) is 0 Å². The second-order valence-corrected chi connectivity index (χ2v) is 5.88. The Morgan fingerprint density at radius 3 is 2.79 bits per heavy atom. The van der Waals surface area contributed by atoms with Crippen molar-refractivity contribution in [2.24, 2.45) is 0 Å². The van der Waals surface area contributed by atoms with E-state index < -0.39 is 0 Å². The molecule has 1 unspecified atom stereocenters. The van der Waals surface area contributed by atoms with Crippen LogP contribution in [-0.4, -0.2) is 38.2 Å². The van der Waals surface area contributed by atoms with E-state index in [0.29, 0.717) is 5.56 Å². The lowest BCUT2D eigenvalue weighted by molar-refractivity contribution is 0.0600. The Labute approximate surface area is 141 Å². The number of likely N-dealkylation sites (N-methyl/N-ethyl adjacent to an activating group) is 1. The van der Waals surface area contributed by atoms with Crippen LogP contribution in [0.4, 0.5) is 17.2 Å². The molecule has 0 radical (unpaired) electrons. The minimum Gasteiger partial charge on any atom is -0.465 e. The van der Waals surface area contributed by atoms with Crippen LogP contribution in [0.25, 0.3) is 0 Å². The van der Waals surface area contributed by atoms with Crippen LogP contribution < -0.4 is 15.5 Å². The maximum atomic E-state index is 11.5. The maximum Gasteiger partial charge on any atom is 0.337 e. The van der Waals surface area contributed by atoms with Gasteiger partial charge in [0.1, 0.15) is 5.69 Å². The summed E-state index contributed by atoms with van der Waals surface area (Å²) in [7, 11) is 3.47. The molecule has 1 aromatic heterocycles. The Bertz CT molecular complexity index is 730. The van der Waals surface area contributed by atoms with Gasteiger partial charge >= 0.3 is 5.97 Å². The van der Waals surface area contributed by atoms with Crippen molar-refractivity contribution in [1.82, 2.24) is 4.98 Å². The van der Waals surface area contributed by atoms with Crippen LogP contribution in [-0.2, 0) is 4.74 Å². The number of nitrogens with one attached hydrogen (secondary N) is 2. The number of methoxy groups -OCH3 is 1. The highest BCUT2D eigenvalue weighted by molar-refractivity contribution is 5.89. The van der Waals surface area contributed by atoms with Crippen LogP contribution >= 0.6 is 0 Å². The Morgan fingerprint density at radius 2 is 2.08 bits per heavy atom. The molecule has 0 amide bonds. The summed E-state index contributed by atoms with van der Waals surface area (Å²) in [6.45, 7) is 3.94. The second-order valence-electron chi connectivity index (χ2n) is 5.88. The highest BCUT2D eigenvalue weighted by Gasteiger charge is 2.18. The molecule has 2 heterocycles. The third-order valence-corrected chi connectivity index (χ3v) is 4.27. The largest absolute Gasteiger partial charge is 0.465 e. The van der Waals surface area contributed by atoms with Gasteiger partial charge < -0.3 is 20.3 Å². The van der Waals surface area contributed by atoms with Gasteiger partial charge in [-0.25, -0.2) is 9.78 Å². The number of rotatable bonds is 4. The number of carbonyl (C=O) groups is 1. The average Bonchev–Trinajstić information content (AvgIpc) is 2.62. The highest BCUT2D eigenvalue weighted by atomic mass is 16.5. The van der Waals surface area contributed by atoms with Crippen LogP contribution in [0, 0.1) is 0 Å². The van der Waals surface area contributed by atoms with E-state index in [1.54, 1.807) is 12.1 Å². The minimum atomic E-state index is -0.326. The van der Waals surface area contributed by atoms with Crippen molar-refractivity contribution in [3.63, 3.8) is 0 Å². The average molecular weight is 326 g/mol. The quantitative estimate of drug-likeness (QED) is 0.842. The number of nitrogens with zero attached hydrogens (tertiary/aromatic N) is 2. The molecule has 6 heteroatoms. The molecule has 2 N–H and O–H groups in total. The number of esters is 1. The maximum absolute atomic E-state index is 11.5. The van der Waals surface area contributed by atoms with E-state index in [0.717, 1.165) is 35.8 Å². The van der Waals surface area contributed by atoms with E-state index in [4.69, 9.17) is 4.74 Å². The van der Waals surface area contributed by atoms with Gasteiger partial charge in [-0.2, -0.15) is 0 Å². The fourth-order valence-electron chi connectivity index (χ4n) is 2.84. The van der Waals surface area contributed by atoms with Gasteiger partial charge in [0.25, 0.3) is 0 Å². The molecule has 6 nitrogen and oxygen atoms in total. The third kappa shape index (κ3) is 3.13. The first-order valence-corrected chi connectivity index (χ1v) is 7.99. The van der Waals surface area contributed by atoms with Gasteiger partial charge in [0.15, 0.2) is 5.82 Å². The zero-order valence-electron chi connectivity index (χ0n) is 14.2. The van der Waals surface area contributed by atoms with Crippen LogP contribution in [0.1, 0.15) is 28.9 Å². The van der Waals surface area contributed by atoms with Crippen molar-refractivity contribution in [3.05, 3.63) is 47.7 Å². The fourth-order valence-corrected chi connectivity index (χ4v) is 2.84. The lowest BCUT2D eigenvalue weighted by atomic mass is 10.1. The summed E-state index contributed by atoms with van der Waals surface area (Å²) in [6.07, 6.45) is 1.82. The molecule has 0 bridgehead atoms. The van der Waals surface area contributed by atoms with Gasteiger partial charge in [0, 0.05) is 26.3 Å². The number of anilines is 3.